The Bertz CT molecular complexity index is 265. The summed E-state index contributed by atoms with van der Waals surface area (Å²) in [5.74, 6) is 0.0277. The SMILES string of the molecule is CC(CCBr)Oc1ccccc1F. The first-order chi connectivity index (χ1) is 6.24. The quantitative estimate of drug-likeness (QED) is 0.741. The molecule has 1 aromatic carbocycles. The second-order valence-electron chi connectivity index (χ2n) is 2.84. The van der Waals surface area contributed by atoms with Gasteiger partial charge in [-0.3, -0.25) is 0 Å². The van der Waals surface area contributed by atoms with Crippen LogP contribution < -0.4 is 4.74 Å². The predicted octanol–water partition coefficient (Wildman–Crippen LogP) is 3.38. The first-order valence-corrected chi connectivity index (χ1v) is 5.33. The Morgan fingerprint density at radius 1 is 1.46 bits per heavy atom. The van der Waals surface area contributed by atoms with Gasteiger partial charge in [-0.2, -0.15) is 0 Å². The molecule has 13 heavy (non-hydrogen) atoms. The maximum atomic E-state index is 13.1. The van der Waals surface area contributed by atoms with Crippen LogP contribution in [0.2, 0.25) is 0 Å². The van der Waals surface area contributed by atoms with Crippen LogP contribution in [0.15, 0.2) is 24.3 Å². The van der Waals surface area contributed by atoms with Crippen molar-refractivity contribution in [1.29, 1.82) is 0 Å². The summed E-state index contributed by atoms with van der Waals surface area (Å²) in [6.07, 6.45) is 0.908. The van der Waals surface area contributed by atoms with E-state index in [4.69, 9.17) is 4.74 Å². The summed E-state index contributed by atoms with van der Waals surface area (Å²) in [4.78, 5) is 0. The van der Waals surface area contributed by atoms with E-state index in [0.717, 1.165) is 11.8 Å². The lowest BCUT2D eigenvalue weighted by atomic mass is 10.3. The predicted molar refractivity (Wildman–Crippen MR) is 54.9 cm³/mol. The van der Waals surface area contributed by atoms with Crippen molar-refractivity contribution in [1.82, 2.24) is 0 Å². The minimum absolute atomic E-state index is 0.0382. The van der Waals surface area contributed by atoms with Crippen LogP contribution in [0.4, 0.5) is 4.39 Å². The van der Waals surface area contributed by atoms with Gasteiger partial charge < -0.3 is 4.74 Å². The van der Waals surface area contributed by atoms with E-state index in [2.05, 4.69) is 15.9 Å². The number of para-hydroxylation sites is 1. The van der Waals surface area contributed by atoms with Gasteiger partial charge in [0, 0.05) is 5.33 Å². The highest BCUT2D eigenvalue weighted by molar-refractivity contribution is 9.09. The lowest BCUT2D eigenvalue weighted by Gasteiger charge is -2.13. The van der Waals surface area contributed by atoms with Gasteiger partial charge in [0.2, 0.25) is 0 Å². The fraction of sp³-hybridized carbons (Fsp3) is 0.400. The van der Waals surface area contributed by atoms with Crippen LogP contribution >= 0.6 is 15.9 Å². The van der Waals surface area contributed by atoms with Gasteiger partial charge in [-0.15, -0.1) is 0 Å². The van der Waals surface area contributed by atoms with E-state index < -0.39 is 0 Å². The molecule has 1 unspecified atom stereocenters. The molecule has 0 aliphatic rings. The van der Waals surface area contributed by atoms with Crippen molar-refractivity contribution in [2.24, 2.45) is 0 Å². The van der Waals surface area contributed by atoms with Crippen molar-refractivity contribution in [2.45, 2.75) is 19.4 Å². The Morgan fingerprint density at radius 2 is 2.15 bits per heavy atom. The number of rotatable bonds is 4. The number of ether oxygens (including phenoxy) is 1. The molecule has 0 radical (unpaired) electrons. The van der Waals surface area contributed by atoms with E-state index in [9.17, 15) is 4.39 Å². The molecule has 0 amide bonds. The summed E-state index contributed by atoms with van der Waals surface area (Å²) in [6.45, 7) is 1.92. The topological polar surface area (TPSA) is 9.23 Å². The van der Waals surface area contributed by atoms with Gasteiger partial charge in [-0.25, -0.2) is 4.39 Å². The zero-order chi connectivity index (χ0) is 9.68. The maximum absolute atomic E-state index is 13.1. The molecular formula is C10H12BrFO. The molecule has 72 valence electrons. The molecule has 1 nitrogen and oxygen atoms in total. The molecule has 0 bridgehead atoms. The summed E-state index contributed by atoms with van der Waals surface area (Å²) in [7, 11) is 0. The van der Waals surface area contributed by atoms with Crippen molar-refractivity contribution < 1.29 is 9.13 Å². The Balaban J connectivity index is 2.58. The van der Waals surface area contributed by atoms with E-state index in [-0.39, 0.29) is 11.9 Å². The highest BCUT2D eigenvalue weighted by Gasteiger charge is 2.06. The van der Waals surface area contributed by atoms with Gasteiger partial charge in [-0.05, 0) is 25.5 Å². The zero-order valence-electron chi connectivity index (χ0n) is 7.47. The Morgan fingerprint density at radius 3 is 2.77 bits per heavy atom. The van der Waals surface area contributed by atoms with Crippen LogP contribution in [0.1, 0.15) is 13.3 Å². The molecule has 0 N–H and O–H groups in total. The number of halogens is 2. The van der Waals surface area contributed by atoms with Gasteiger partial charge in [0.15, 0.2) is 11.6 Å². The molecular weight excluding hydrogens is 235 g/mol. The van der Waals surface area contributed by atoms with Crippen molar-refractivity contribution in [3.63, 3.8) is 0 Å². The van der Waals surface area contributed by atoms with Crippen LogP contribution in [-0.4, -0.2) is 11.4 Å². The van der Waals surface area contributed by atoms with Crippen molar-refractivity contribution in [2.75, 3.05) is 5.33 Å². The van der Waals surface area contributed by atoms with Crippen molar-refractivity contribution >= 4 is 15.9 Å². The fourth-order valence-corrected chi connectivity index (χ4v) is 1.61. The molecule has 0 fully saturated rings. The monoisotopic (exact) mass is 246 g/mol. The lowest BCUT2D eigenvalue weighted by molar-refractivity contribution is 0.209. The maximum Gasteiger partial charge on any atom is 0.165 e. The summed E-state index contributed by atoms with van der Waals surface area (Å²) in [5.41, 5.74) is 0. The lowest BCUT2D eigenvalue weighted by Crippen LogP contribution is -2.12. The van der Waals surface area contributed by atoms with Gasteiger partial charge in [0.25, 0.3) is 0 Å². The zero-order valence-corrected chi connectivity index (χ0v) is 9.05. The minimum Gasteiger partial charge on any atom is -0.488 e. The number of alkyl halides is 1. The Hall–Kier alpha value is -0.570. The second kappa shape index (κ2) is 5.22. The molecule has 0 aromatic heterocycles. The largest absolute Gasteiger partial charge is 0.488 e. The third kappa shape index (κ3) is 3.35. The van der Waals surface area contributed by atoms with Gasteiger partial charge in [0.05, 0.1) is 6.10 Å². The summed E-state index contributed by atoms with van der Waals surface area (Å²) in [6, 6.07) is 6.45. The van der Waals surface area contributed by atoms with Crippen LogP contribution in [-0.2, 0) is 0 Å². The number of benzene rings is 1. The third-order valence-corrected chi connectivity index (χ3v) is 2.14. The normalized spacial score (nSPS) is 12.5. The molecule has 0 heterocycles. The van der Waals surface area contributed by atoms with Gasteiger partial charge in [-0.1, -0.05) is 28.1 Å². The summed E-state index contributed by atoms with van der Waals surface area (Å²) in [5, 5.41) is 0.864. The molecule has 1 atom stereocenters. The Kier molecular flexibility index (Phi) is 4.22. The van der Waals surface area contributed by atoms with Crippen molar-refractivity contribution in [3.8, 4) is 5.75 Å². The van der Waals surface area contributed by atoms with E-state index in [0.29, 0.717) is 5.75 Å². The molecule has 3 heteroatoms. The van der Waals surface area contributed by atoms with Gasteiger partial charge in [0.1, 0.15) is 0 Å². The Labute approximate surface area is 86.0 Å². The van der Waals surface area contributed by atoms with E-state index in [1.165, 1.54) is 6.07 Å². The average Bonchev–Trinajstić information content (AvgIpc) is 2.09. The first-order valence-electron chi connectivity index (χ1n) is 4.21. The third-order valence-electron chi connectivity index (χ3n) is 1.68. The molecule has 0 spiro atoms. The van der Waals surface area contributed by atoms with Crippen LogP contribution in [0.25, 0.3) is 0 Å². The molecule has 0 aliphatic carbocycles. The fourth-order valence-electron chi connectivity index (χ4n) is 0.970. The van der Waals surface area contributed by atoms with Crippen LogP contribution in [0.5, 0.6) is 5.75 Å². The highest BCUT2D eigenvalue weighted by atomic mass is 79.9. The van der Waals surface area contributed by atoms with Gasteiger partial charge >= 0.3 is 0 Å². The summed E-state index contributed by atoms with van der Waals surface area (Å²) >= 11 is 3.31. The number of hydrogen-bond acceptors (Lipinski definition) is 1. The molecule has 1 aromatic rings. The highest BCUT2D eigenvalue weighted by Crippen LogP contribution is 2.17. The van der Waals surface area contributed by atoms with E-state index in [1.54, 1.807) is 18.2 Å². The average molecular weight is 247 g/mol. The summed E-state index contributed by atoms with van der Waals surface area (Å²) < 4.78 is 18.4. The molecule has 0 saturated heterocycles. The van der Waals surface area contributed by atoms with Crippen molar-refractivity contribution in [3.05, 3.63) is 30.1 Å². The second-order valence-corrected chi connectivity index (χ2v) is 3.63. The smallest absolute Gasteiger partial charge is 0.165 e. The molecule has 0 aliphatic heterocycles. The van der Waals surface area contributed by atoms with E-state index in [1.807, 2.05) is 6.92 Å². The number of hydrogen-bond donors (Lipinski definition) is 0. The molecule has 0 saturated carbocycles. The minimum atomic E-state index is -0.302. The standard InChI is InChI=1S/C10H12BrFO/c1-8(6-7-11)13-10-5-3-2-4-9(10)12/h2-5,8H,6-7H2,1H3. The van der Waals surface area contributed by atoms with Crippen LogP contribution in [0.3, 0.4) is 0 Å². The molecule has 1 rings (SSSR count). The first kappa shape index (κ1) is 10.5. The van der Waals surface area contributed by atoms with Crippen LogP contribution in [0, 0.1) is 5.82 Å². The van der Waals surface area contributed by atoms with E-state index >= 15 is 0 Å².